The smallest absolute Gasteiger partial charge is 0.169 e. The number of ether oxygens (including phenoxy) is 2. The summed E-state index contributed by atoms with van der Waals surface area (Å²) >= 11 is 5.58. The van der Waals surface area contributed by atoms with E-state index in [0.717, 1.165) is 57.2 Å². The van der Waals surface area contributed by atoms with Crippen LogP contribution in [0, 0.1) is 0 Å². The molecule has 1 fully saturated rings. The Morgan fingerprint density at radius 2 is 2.23 bits per heavy atom. The van der Waals surface area contributed by atoms with Gasteiger partial charge in [0, 0.05) is 40.0 Å². The quantitative estimate of drug-likeness (QED) is 0.588. The molecule has 1 atom stereocenters. The van der Waals surface area contributed by atoms with Crippen LogP contribution in [0.2, 0.25) is 0 Å². The van der Waals surface area contributed by atoms with Crippen molar-refractivity contribution in [3.8, 4) is 0 Å². The van der Waals surface area contributed by atoms with Gasteiger partial charge < -0.3 is 19.7 Å². The Morgan fingerprint density at radius 1 is 1.41 bits per heavy atom. The van der Waals surface area contributed by atoms with Crippen molar-refractivity contribution in [3.63, 3.8) is 0 Å². The van der Waals surface area contributed by atoms with Gasteiger partial charge in [0.15, 0.2) is 5.11 Å². The number of benzene rings is 1. The Bertz CT molecular complexity index is 436. The number of thiocarbonyl (C=S) groups is 1. The summed E-state index contributed by atoms with van der Waals surface area (Å²) in [4.78, 5) is 2.22. The van der Waals surface area contributed by atoms with E-state index in [1.54, 1.807) is 7.11 Å². The average Bonchev–Trinajstić information content (AvgIpc) is 3.05. The summed E-state index contributed by atoms with van der Waals surface area (Å²) in [6.45, 7) is 4.13. The molecular formula is C17H26N2O2S. The minimum absolute atomic E-state index is 0.294. The summed E-state index contributed by atoms with van der Waals surface area (Å²) in [5.41, 5.74) is 1.27. The second-order valence-electron chi connectivity index (χ2n) is 5.58. The molecule has 0 amide bonds. The molecule has 1 aromatic carbocycles. The molecule has 0 bridgehead atoms. The maximum atomic E-state index is 5.77. The maximum Gasteiger partial charge on any atom is 0.169 e. The van der Waals surface area contributed by atoms with E-state index in [1.807, 2.05) is 6.07 Å². The predicted octanol–water partition coefficient (Wildman–Crippen LogP) is 2.58. The van der Waals surface area contributed by atoms with Gasteiger partial charge in [0.25, 0.3) is 0 Å². The molecule has 122 valence electrons. The summed E-state index contributed by atoms with van der Waals surface area (Å²) in [6.07, 6.45) is 3.52. The lowest BCUT2D eigenvalue weighted by atomic mass is 10.2. The van der Waals surface area contributed by atoms with Gasteiger partial charge in [0.05, 0.1) is 6.10 Å². The van der Waals surface area contributed by atoms with Gasteiger partial charge in [-0.05, 0) is 37.0 Å². The fourth-order valence-electron chi connectivity index (χ4n) is 2.58. The van der Waals surface area contributed by atoms with Crippen molar-refractivity contribution in [1.29, 1.82) is 0 Å². The van der Waals surface area contributed by atoms with Crippen LogP contribution in [-0.2, 0) is 16.0 Å². The molecule has 1 aliphatic rings. The van der Waals surface area contributed by atoms with Gasteiger partial charge >= 0.3 is 0 Å². The van der Waals surface area contributed by atoms with E-state index in [9.17, 15) is 0 Å². The maximum absolute atomic E-state index is 5.77. The highest BCUT2D eigenvalue weighted by molar-refractivity contribution is 7.80. The van der Waals surface area contributed by atoms with Crippen LogP contribution in [0.15, 0.2) is 30.3 Å². The molecule has 0 radical (unpaired) electrons. The molecule has 22 heavy (non-hydrogen) atoms. The standard InChI is InChI=1S/C17H26N2O2S/c1-20-11-6-10-18-17(22)19(14-16-9-5-12-21-16)13-15-7-3-2-4-8-15/h2-4,7-8,16H,5-6,9-14H2,1H3,(H,18,22). The molecule has 1 aromatic rings. The summed E-state index contributed by atoms with van der Waals surface area (Å²) in [6, 6.07) is 10.4. The first-order valence-electron chi connectivity index (χ1n) is 7.97. The molecule has 0 aromatic heterocycles. The zero-order valence-corrected chi connectivity index (χ0v) is 14.1. The lowest BCUT2D eigenvalue weighted by Gasteiger charge is -2.28. The van der Waals surface area contributed by atoms with Crippen molar-refractivity contribution in [2.45, 2.75) is 31.9 Å². The lowest BCUT2D eigenvalue weighted by Crippen LogP contribution is -2.43. The highest BCUT2D eigenvalue weighted by atomic mass is 32.1. The average molecular weight is 322 g/mol. The van der Waals surface area contributed by atoms with Gasteiger partial charge in [-0.2, -0.15) is 0 Å². The van der Waals surface area contributed by atoms with E-state index in [0.29, 0.717) is 6.10 Å². The SMILES string of the molecule is COCCCNC(=S)N(Cc1ccccc1)CC1CCCO1. The normalized spacial score (nSPS) is 17.4. The molecule has 1 aliphatic heterocycles. The minimum Gasteiger partial charge on any atom is -0.385 e. The summed E-state index contributed by atoms with van der Waals surface area (Å²) < 4.78 is 10.8. The topological polar surface area (TPSA) is 33.7 Å². The number of hydrogen-bond donors (Lipinski definition) is 1. The molecule has 4 nitrogen and oxygen atoms in total. The van der Waals surface area contributed by atoms with E-state index in [1.165, 1.54) is 5.56 Å². The van der Waals surface area contributed by atoms with Gasteiger partial charge in [-0.3, -0.25) is 0 Å². The van der Waals surface area contributed by atoms with Crippen LogP contribution in [0.3, 0.4) is 0 Å². The Morgan fingerprint density at radius 3 is 2.91 bits per heavy atom. The van der Waals surface area contributed by atoms with Gasteiger partial charge in [-0.15, -0.1) is 0 Å². The van der Waals surface area contributed by atoms with Crippen molar-refractivity contribution in [1.82, 2.24) is 10.2 Å². The molecule has 2 rings (SSSR count). The molecule has 1 unspecified atom stereocenters. The number of methoxy groups -OCH3 is 1. The second-order valence-corrected chi connectivity index (χ2v) is 5.97. The molecule has 0 saturated carbocycles. The van der Waals surface area contributed by atoms with Crippen LogP contribution in [0.4, 0.5) is 0 Å². The minimum atomic E-state index is 0.294. The Kier molecular flexibility index (Phi) is 7.63. The largest absolute Gasteiger partial charge is 0.385 e. The molecule has 5 heteroatoms. The van der Waals surface area contributed by atoms with Crippen LogP contribution < -0.4 is 5.32 Å². The number of nitrogens with one attached hydrogen (secondary N) is 1. The Hall–Kier alpha value is -1.17. The molecule has 0 spiro atoms. The number of rotatable bonds is 8. The van der Waals surface area contributed by atoms with E-state index in [-0.39, 0.29) is 0 Å². The van der Waals surface area contributed by atoms with E-state index < -0.39 is 0 Å². The molecule has 1 heterocycles. The van der Waals surface area contributed by atoms with Crippen LogP contribution in [0.1, 0.15) is 24.8 Å². The Balaban J connectivity index is 1.89. The third-order valence-electron chi connectivity index (χ3n) is 3.75. The second kappa shape index (κ2) is 9.77. The van der Waals surface area contributed by atoms with Crippen molar-refractivity contribution in [2.75, 3.05) is 33.4 Å². The molecule has 1 N–H and O–H groups in total. The van der Waals surface area contributed by atoms with E-state index in [2.05, 4.69) is 34.5 Å². The fraction of sp³-hybridized carbons (Fsp3) is 0.588. The number of nitrogens with zero attached hydrogens (tertiary/aromatic N) is 1. The van der Waals surface area contributed by atoms with Gasteiger partial charge in [0.2, 0.25) is 0 Å². The first kappa shape index (κ1) is 17.2. The van der Waals surface area contributed by atoms with Crippen LogP contribution in [-0.4, -0.2) is 49.5 Å². The summed E-state index contributed by atoms with van der Waals surface area (Å²) in [5.74, 6) is 0. The van der Waals surface area contributed by atoms with Crippen molar-refractivity contribution < 1.29 is 9.47 Å². The van der Waals surface area contributed by atoms with Gasteiger partial charge in [-0.25, -0.2) is 0 Å². The number of hydrogen-bond acceptors (Lipinski definition) is 3. The van der Waals surface area contributed by atoms with Crippen LogP contribution >= 0.6 is 12.2 Å². The fourth-order valence-corrected chi connectivity index (χ4v) is 2.82. The van der Waals surface area contributed by atoms with Crippen molar-refractivity contribution in [2.24, 2.45) is 0 Å². The third kappa shape index (κ3) is 5.91. The predicted molar refractivity (Wildman–Crippen MR) is 92.9 cm³/mol. The monoisotopic (exact) mass is 322 g/mol. The van der Waals surface area contributed by atoms with Crippen LogP contribution in [0.25, 0.3) is 0 Å². The Labute approximate surface area is 138 Å². The highest BCUT2D eigenvalue weighted by Gasteiger charge is 2.20. The molecular weight excluding hydrogens is 296 g/mol. The van der Waals surface area contributed by atoms with E-state index in [4.69, 9.17) is 21.7 Å². The van der Waals surface area contributed by atoms with Crippen molar-refractivity contribution in [3.05, 3.63) is 35.9 Å². The van der Waals surface area contributed by atoms with E-state index >= 15 is 0 Å². The summed E-state index contributed by atoms with van der Waals surface area (Å²) in [5, 5.41) is 4.13. The van der Waals surface area contributed by atoms with Crippen LogP contribution in [0.5, 0.6) is 0 Å². The summed E-state index contributed by atoms with van der Waals surface area (Å²) in [7, 11) is 1.72. The lowest BCUT2D eigenvalue weighted by molar-refractivity contribution is 0.0897. The third-order valence-corrected chi connectivity index (χ3v) is 4.16. The van der Waals surface area contributed by atoms with Gasteiger partial charge in [-0.1, -0.05) is 30.3 Å². The van der Waals surface area contributed by atoms with Gasteiger partial charge in [0.1, 0.15) is 0 Å². The zero-order valence-electron chi connectivity index (χ0n) is 13.3. The first-order chi connectivity index (χ1) is 10.8. The molecule has 1 saturated heterocycles. The first-order valence-corrected chi connectivity index (χ1v) is 8.37. The van der Waals surface area contributed by atoms with Crippen molar-refractivity contribution >= 4 is 17.3 Å². The zero-order chi connectivity index (χ0) is 15.6. The molecule has 0 aliphatic carbocycles. The highest BCUT2D eigenvalue weighted by Crippen LogP contribution is 2.15.